The minimum atomic E-state index is -1.09. The molecule has 2 aliphatic heterocycles. The summed E-state index contributed by atoms with van der Waals surface area (Å²) in [6.45, 7) is 2.57. The van der Waals surface area contributed by atoms with Gasteiger partial charge in [-0.3, -0.25) is 14.9 Å². The van der Waals surface area contributed by atoms with Crippen molar-refractivity contribution in [1.82, 2.24) is 10.3 Å². The molecule has 3 aromatic rings. The van der Waals surface area contributed by atoms with Crippen LogP contribution >= 0.6 is 11.3 Å². The Kier molecular flexibility index (Phi) is 7.10. The number of rotatable bonds is 7. The van der Waals surface area contributed by atoms with Gasteiger partial charge in [0, 0.05) is 41.7 Å². The van der Waals surface area contributed by atoms with Crippen LogP contribution < -0.4 is 20.3 Å². The van der Waals surface area contributed by atoms with E-state index in [1.807, 2.05) is 0 Å². The molecule has 0 radical (unpaired) electrons. The predicted octanol–water partition coefficient (Wildman–Crippen LogP) is 3.72. The zero-order chi connectivity index (χ0) is 25.1. The van der Waals surface area contributed by atoms with Crippen LogP contribution in [0.2, 0.25) is 0 Å². The van der Waals surface area contributed by atoms with Crippen LogP contribution in [0.15, 0.2) is 41.8 Å². The number of hydrogen-bond acceptors (Lipinski definition) is 8. The van der Waals surface area contributed by atoms with Gasteiger partial charge in [-0.1, -0.05) is 18.2 Å². The molecule has 0 saturated carbocycles. The number of nitrogens with zero attached hydrogens (tertiary/aromatic N) is 2. The summed E-state index contributed by atoms with van der Waals surface area (Å²) < 4.78 is 40.3. The Bertz CT molecular complexity index is 1280. The van der Waals surface area contributed by atoms with E-state index < -0.39 is 23.6 Å². The Morgan fingerprint density at radius 3 is 2.78 bits per heavy atom. The maximum absolute atomic E-state index is 14.9. The van der Waals surface area contributed by atoms with Crippen LogP contribution in [0.25, 0.3) is 11.3 Å². The predicted molar refractivity (Wildman–Crippen MR) is 131 cm³/mol. The average molecular weight is 515 g/mol. The number of para-hydroxylation sites is 1. The maximum atomic E-state index is 14.9. The van der Waals surface area contributed by atoms with Crippen LogP contribution in [0.3, 0.4) is 0 Å². The molecular weight excluding hydrogens is 490 g/mol. The monoisotopic (exact) mass is 514 g/mol. The van der Waals surface area contributed by atoms with Gasteiger partial charge >= 0.3 is 0 Å². The van der Waals surface area contributed by atoms with Gasteiger partial charge in [0.1, 0.15) is 12.6 Å². The standard InChI is InChI=1S/C25H24F2N4O4S/c26-17-6-5-16(20-14-36-25(29-20)31-9-11-34-12-10-31)23(22(17)27)35-13-15-3-1-2-4-18(15)28-19-7-8-21(32)30-24(19)33/h1-6,14,19,28H,7-13H2,(H,30,32,33). The molecule has 0 aliphatic carbocycles. The fourth-order valence-corrected chi connectivity index (χ4v) is 5.00. The summed E-state index contributed by atoms with van der Waals surface area (Å²) in [4.78, 5) is 30.3. The molecule has 2 aliphatic rings. The number of amides is 2. The molecule has 11 heteroatoms. The fraction of sp³-hybridized carbons (Fsp3) is 0.320. The molecule has 188 valence electrons. The van der Waals surface area contributed by atoms with Crippen LogP contribution in [0.5, 0.6) is 5.75 Å². The highest BCUT2D eigenvalue weighted by molar-refractivity contribution is 7.14. The number of anilines is 2. The molecule has 2 N–H and O–H groups in total. The Hall–Kier alpha value is -3.57. The summed E-state index contributed by atoms with van der Waals surface area (Å²) in [7, 11) is 0. The average Bonchev–Trinajstić information content (AvgIpc) is 3.38. The number of carbonyl (C=O) groups excluding carboxylic acids is 2. The van der Waals surface area contributed by atoms with Crippen molar-refractivity contribution in [1.29, 1.82) is 0 Å². The van der Waals surface area contributed by atoms with Crippen molar-refractivity contribution in [3.63, 3.8) is 0 Å². The summed E-state index contributed by atoms with van der Waals surface area (Å²) in [6.07, 6.45) is 0.595. The SMILES string of the molecule is O=C1CCC(Nc2ccccc2COc2c(-c3csc(N4CCOCC4)n3)ccc(F)c2F)C(=O)N1. The van der Waals surface area contributed by atoms with E-state index in [2.05, 4.69) is 20.5 Å². The smallest absolute Gasteiger partial charge is 0.249 e. The topological polar surface area (TPSA) is 92.8 Å². The second-order valence-corrected chi connectivity index (χ2v) is 9.28. The number of thiazole rings is 1. The molecule has 8 nitrogen and oxygen atoms in total. The Morgan fingerprint density at radius 1 is 1.17 bits per heavy atom. The van der Waals surface area contributed by atoms with E-state index >= 15 is 0 Å². The number of morpholine rings is 1. The van der Waals surface area contributed by atoms with Crippen molar-refractivity contribution in [2.24, 2.45) is 0 Å². The first kappa shape index (κ1) is 24.1. The third kappa shape index (κ3) is 5.17. The lowest BCUT2D eigenvalue weighted by Crippen LogP contribution is -2.47. The van der Waals surface area contributed by atoms with Gasteiger partial charge in [-0.2, -0.15) is 4.39 Å². The number of piperidine rings is 1. The second-order valence-electron chi connectivity index (χ2n) is 8.45. The van der Waals surface area contributed by atoms with Crippen molar-refractivity contribution in [3.05, 3.63) is 59.0 Å². The lowest BCUT2D eigenvalue weighted by Gasteiger charge is -2.26. The summed E-state index contributed by atoms with van der Waals surface area (Å²) in [5.41, 5.74) is 2.09. The molecule has 0 bridgehead atoms. The van der Waals surface area contributed by atoms with Crippen molar-refractivity contribution in [3.8, 4) is 17.0 Å². The molecule has 2 saturated heterocycles. The number of aromatic nitrogens is 1. The Morgan fingerprint density at radius 2 is 1.97 bits per heavy atom. The highest BCUT2D eigenvalue weighted by Gasteiger charge is 2.27. The van der Waals surface area contributed by atoms with E-state index in [1.165, 1.54) is 17.4 Å². The van der Waals surface area contributed by atoms with Crippen molar-refractivity contribution in [2.45, 2.75) is 25.5 Å². The highest BCUT2D eigenvalue weighted by Crippen LogP contribution is 2.37. The number of imide groups is 1. The molecule has 5 rings (SSSR count). The molecule has 3 heterocycles. The summed E-state index contributed by atoms with van der Waals surface area (Å²) in [5.74, 6) is -3.05. The van der Waals surface area contributed by atoms with Gasteiger partial charge in [0.25, 0.3) is 0 Å². The number of carbonyl (C=O) groups is 2. The molecule has 0 spiro atoms. The molecule has 1 atom stereocenters. The van der Waals surface area contributed by atoms with Gasteiger partial charge in [-0.15, -0.1) is 11.3 Å². The first-order valence-electron chi connectivity index (χ1n) is 11.6. The van der Waals surface area contributed by atoms with Crippen molar-refractivity contribution < 1.29 is 27.8 Å². The summed E-state index contributed by atoms with van der Waals surface area (Å²) in [6, 6.07) is 9.04. The molecule has 2 fully saturated rings. The number of ether oxygens (including phenoxy) is 2. The highest BCUT2D eigenvalue weighted by atomic mass is 32.1. The van der Waals surface area contributed by atoms with Gasteiger partial charge in [0.2, 0.25) is 17.6 Å². The first-order valence-corrected chi connectivity index (χ1v) is 12.4. The van der Waals surface area contributed by atoms with Crippen molar-refractivity contribution >= 4 is 34.0 Å². The second kappa shape index (κ2) is 10.6. The van der Waals surface area contributed by atoms with Gasteiger partial charge in [0.15, 0.2) is 16.7 Å². The third-order valence-corrected chi connectivity index (χ3v) is 6.96. The maximum Gasteiger partial charge on any atom is 0.249 e. The first-order chi connectivity index (χ1) is 17.5. The fourth-order valence-electron chi connectivity index (χ4n) is 4.12. The van der Waals surface area contributed by atoms with E-state index in [-0.39, 0.29) is 24.7 Å². The zero-order valence-electron chi connectivity index (χ0n) is 19.3. The number of halogens is 2. The number of nitrogens with one attached hydrogen (secondary N) is 2. The third-order valence-electron chi connectivity index (χ3n) is 6.06. The molecule has 2 aromatic carbocycles. The molecule has 36 heavy (non-hydrogen) atoms. The van der Waals surface area contributed by atoms with Crippen LogP contribution in [-0.4, -0.2) is 49.1 Å². The normalized spacial score (nSPS) is 18.2. The van der Waals surface area contributed by atoms with Crippen molar-refractivity contribution in [2.75, 3.05) is 36.5 Å². The van der Waals surface area contributed by atoms with Gasteiger partial charge in [-0.25, -0.2) is 9.37 Å². The summed E-state index contributed by atoms with van der Waals surface area (Å²) in [5, 5.41) is 8.02. The van der Waals surface area contributed by atoms with E-state index in [9.17, 15) is 18.4 Å². The van der Waals surface area contributed by atoms with E-state index in [0.29, 0.717) is 55.2 Å². The molecular formula is C25H24F2N4O4S. The number of hydrogen-bond donors (Lipinski definition) is 2. The molecule has 1 unspecified atom stereocenters. The largest absolute Gasteiger partial charge is 0.485 e. The van der Waals surface area contributed by atoms with E-state index in [0.717, 1.165) is 11.2 Å². The van der Waals surface area contributed by atoms with Gasteiger partial charge < -0.3 is 19.7 Å². The van der Waals surface area contributed by atoms with Crippen LogP contribution in [0, 0.1) is 11.6 Å². The quantitative estimate of drug-likeness (QED) is 0.465. The minimum absolute atomic E-state index is 0.0791. The van der Waals surface area contributed by atoms with Crippen LogP contribution in [0.1, 0.15) is 18.4 Å². The van der Waals surface area contributed by atoms with Gasteiger partial charge in [0.05, 0.1) is 18.9 Å². The molecule has 1 aromatic heterocycles. The van der Waals surface area contributed by atoms with E-state index in [4.69, 9.17) is 9.47 Å². The zero-order valence-corrected chi connectivity index (χ0v) is 20.1. The lowest BCUT2D eigenvalue weighted by atomic mass is 10.0. The number of benzene rings is 2. The molecule has 2 amide bonds. The Labute approximate surface area is 210 Å². The van der Waals surface area contributed by atoms with E-state index in [1.54, 1.807) is 29.6 Å². The lowest BCUT2D eigenvalue weighted by molar-refractivity contribution is -0.133. The Balaban J connectivity index is 1.37. The minimum Gasteiger partial charge on any atom is -0.485 e. The van der Waals surface area contributed by atoms with Crippen LogP contribution in [0.4, 0.5) is 19.6 Å². The van der Waals surface area contributed by atoms with Gasteiger partial charge in [-0.05, 0) is 24.6 Å². The van der Waals surface area contributed by atoms with Crippen LogP contribution in [-0.2, 0) is 20.9 Å². The summed E-state index contributed by atoms with van der Waals surface area (Å²) >= 11 is 1.42.